The Morgan fingerprint density at radius 3 is 2.27 bits per heavy atom. The minimum absolute atomic E-state index is 0.353. The highest BCUT2D eigenvalue weighted by Crippen LogP contribution is 2.36. The number of nitro groups is 1. The van der Waals surface area contributed by atoms with Gasteiger partial charge in [0.2, 0.25) is 5.15 Å². The molecule has 1 aromatic heterocycles. The number of rotatable bonds is 1. The molecule has 0 N–H and O–H groups in total. The third-order valence-corrected chi connectivity index (χ3v) is 1.93. The lowest BCUT2D eigenvalue weighted by Crippen LogP contribution is -2.09. The van der Waals surface area contributed by atoms with Crippen LogP contribution in [-0.4, -0.2) is 9.91 Å². The van der Waals surface area contributed by atoms with Crippen molar-refractivity contribution >= 4 is 28.9 Å². The topological polar surface area (TPSA) is 56.0 Å². The van der Waals surface area contributed by atoms with Crippen LogP contribution in [0, 0.1) is 10.1 Å². The van der Waals surface area contributed by atoms with Gasteiger partial charge >= 0.3 is 11.9 Å². The number of halogens is 5. The predicted molar refractivity (Wildman–Crippen MR) is 45.9 cm³/mol. The van der Waals surface area contributed by atoms with Gasteiger partial charge in [-0.3, -0.25) is 10.1 Å². The molecule has 0 saturated carbocycles. The quantitative estimate of drug-likeness (QED) is 0.442. The van der Waals surface area contributed by atoms with Crippen LogP contribution in [0.15, 0.2) is 6.07 Å². The summed E-state index contributed by atoms with van der Waals surface area (Å²) < 4.78 is 36.4. The largest absolute Gasteiger partial charge is 0.433 e. The molecule has 0 radical (unpaired) electrons. The zero-order valence-electron chi connectivity index (χ0n) is 6.68. The monoisotopic (exact) mass is 260 g/mol. The highest BCUT2D eigenvalue weighted by atomic mass is 35.5. The number of pyridine rings is 1. The summed E-state index contributed by atoms with van der Waals surface area (Å²) in [6.45, 7) is 0. The van der Waals surface area contributed by atoms with Gasteiger partial charge in [0.25, 0.3) is 0 Å². The lowest BCUT2D eigenvalue weighted by molar-refractivity contribution is -0.384. The van der Waals surface area contributed by atoms with E-state index < -0.39 is 32.7 Å². The second-order valence-electron chi connectivity index (χ2n) is 2.38. The molecular formula is C6HCl2F3N2O2. The fourth-order valence-corrected chi connectivity index (χ4v) is 1.36. The van der Waals surface area contributed by atoms with Crippen LogP contribution in [0.1, 0.15) is 5.69 Å². The first-order chi connectivity index (χ1) is 6.73. The summed E-state index contributed by atoms with van der Waals surface area (Å²) in [7, 11) is 0. The number of hydrogen-bond acceptors (Lipinski definition) is 3. The summed E-state index contributed by atoms with van der Waals surface area (Å²) in [4.78, 5) is 12.2. The number of hydrogen-bond donors (Lipinski definition) is 0. The second kappa shape index (κ2) is 3.82. The molecule has 15 heavy (non-hydrogen) atoms. The number of alkyl halides is 3. The highest BCUT2D eigenvalue weighted by molar-refractivity contribution is 6.37. The van der Waals surface area contributed by atoms with Gasteiger partial charge in [-0.2, -0.15) is 13.2 Å². The van der Waals surface area contributed by atoms with Crippen molar-refractivity contribution in [1.29, 1.82) is 0 Å². The maximum atomic E-state index is 12.1. The summed E-state index contributed by atoms with van der Waals surface area (Å²) in [6, 6.07) is 0.353. The van der Waals surface area contributed by atoms with E-state index in [0.717, 1.165) is 0 Å². The van der Waals surface area contributed by atoms with Gasteiger partial charge in [0, 0.05) is 0 Å². The van der Waals surface area contributed by atoms with Gasteiger partial charge in [-0.15, -0.1) is 0 Å². The molecule has 0 aliphatic carbocycles. The van der Waals surface area contributed by atoms with E-state index in [4.69, 9.17) is 23.2 Å². The van der Waals surface area contributed by atoms with Gasteiger partial charge in [-0.05, 0) is 6.07 Å². The van der Waals surface area contributed by atoms with Crippen LogP contribution in [0.5, 0.6) is 0 Å². The van der Waals surface area contributed by atoms with Gasteiger partial charge in [0.1, 0.15) is 10.7 Å². The lowest BCUT2D eigenvalue weighted by atomic mass is 10.3. The highest BCUT2D eigenvalue weighted by Gasteiger charge is 2.35. The molecule has 4 nitrogen and oxygen atoms in total. The van der Waals surface area contributed by atoms with E-state index in [1.165, 1.54) is 0 Å². The van der Waals surface area contributed by atoms with E-state index in [9.17, 15) is 23.3 Å². The van der Waals surface area contributed by atoms with Gasteiger partial charge in [-0.25, -0.2) is 4.98 Å². The third-order valence-electron chi connectivity index (χ3n) is 1.38. The third kappa shape index (κ3) is 2.48. The van der Waals surface area contributed by atoms with Crippen molar-refractivity contribution in [3.8, 4) is 0 Å². The minimum atomic E-state index is -4.75. The zero-order valence-corrected chi connectivity index (χ0v) is 8.19. The Labute approximate surface area is 90.8 Å². The molecule has 82 valence electrons. The molecule has 1 aromatic rings. The van der Waals surface area contributed by atoms with Crippen molar-refractivity contribution in [1.82, 2.24) is 4.98 Å². The SMILES string of the molecule is O=[N+]([O-])c1c(Cl)cc(C(F)(F)F)nc1Cl. The fraction of sp³-hybridized carbons (Fsp3) is 0.167. The van der Waals surface area contributed by atoms with Crippen LogP contribution in [0.25, 0.3) is 0 Å². The van der Waals surface area contributed by atoms with E-state index in [2.05, 4.69) is 4.98 Å². The van der Waals surface area contributed by atoms with Crippen molar-refractivity contribution in [3.63, 3.8) is 0 Å². The van der Waals surface area contributed by atoms with Gasteiger partial charge in [0.15, 0.2) is 0 Å². The van der Waals surface area contributed by atoms with Crippen LogP contribution in [0.3, 0.4) is 0 Å². The Bertz CT molecular complexity index is 398. The zero-order chi connectivity index (χ0) is 11.8. The van der Waals surface area contributed by atoms with E-state index in [-0.39, 0.29) is 0 Å². The molecule has 0 fully saturated rings. The average Bonchev–Trinajstić information content (AvgIpc) is 1.99. The summed E-state index contributed by atoms with van der Waals surface area (Å²) in [5.41, 5.74) is -2.21. The van der Waals surface area contributed by atoms with Crippen molar-refractivity contribution in [2.75, 3.05) is 0 Å². The maximum absolute atomic E-state index is 12.1. The molecule has 0 bridgehead atoms. The maximum Gasteiger partial charge on any atom is 0.433 e. The van der Waals surface area contributed by atoms with E-state index in [1.54, 1.807) is 0 Å². The summed E-state index contributed by atoms with van der Waals surface area (Å²) in [5, 5.41) is 8.73. The van der Waals surface area contributed by atoms with E-state index >= 15 is 0 Å². The Balaban J connectivity index is 3.39. The Kier molecular flexibility index (Phi) is 3.05. The van der Waals surface area contributed by atoms with Crippen LogP contribution in [-0.2, 0) is 6.18 Å². The normalized spacial score (nSPS) is 11.5. The van der Waals surface area contributed by atoms with Gasteiger partial charge in [0.05, 0.1) is 4.92 Å². The van der Waals surface area contributed by atoms with Gasteiger partial charge in [-0.1, -0.05) is 23.2 Å². The molecular weight excluding hydrogens is 260 g/mol. The molecule has 0 amide bonds. The van der Waals surface area contributed by atoms with Crippen molar-refractivity contribution < 1.29 is 18.1 Å². The smallest absolute Gasteiger partial charge is 0.258 e. The number of aromatic nitrogens is 1. The molecule has 0 aromatic carbocycles. The molecule has 0 unspecified atom stereocenters. The predicted octanol–water partition coefficient (Wildman–Crippen LogP) is 3.32. The lowest BCUT2D eigenvalue weighted by Gasteiger charge is -2.06. The summed E-state index contributed by atoms with van der Waals surface area (Å²) >= 11 is 10.5. The van der Waals surface area contributed by atoms with Crippen LogP contribution in [0.2, 0.25) is 10.2 Å². The standard InChI is InChI=1S/C6HCl2F3N2O2/c7-2-1-3(6(9,10)11)12-5(8)4(2)13(14)15/h1H. The molecule has 0 saturated heterocycles. The fourth-order valence-electron chi connectivity index (χ4n) is 0.786. The Morgan fingerprint density at radius 2 is 1.93 bits per heavy atom. The molecule has 0 aliphatic heterocycles. The average molecular weight is 261 g/mol. The first kappa shape index (κ1) is 12.0. The molecule has 0 spiro atoms. The molecule has 9 heteroatoms. The van der Waals surface area contributed by atoms with E-state index in [0.29, 0.717) is 6.07 Å². The first-order valence-electron chi connectivity index (χ1n) is 3.31. The van der Waals surface area contributed by atoms with Crippen molar-refractivity contribution in [3.05, 3.63) is 32.1 Å². The summed E-state index contributed by atoms with van der Waals surface area (Å²) in [5.74, 6) is 0. The van der Waals surface area contributed by atoms with Crippen LogP contribution in [0.4, 0.5) is 18.9 Å². The molecule has 1 heterocycles. The first-order valence-corrected chi connectivity index (χ1v) is 4.06. The molecule has 0 aliphatic rings. The Hall–Kier alpha value is -1.08. The molecule has 0 atom stereocenters. The number of nitrogens with zero attached hydrogens (tertiary/aromatic N) is 2. The summed E-state index contributed by atoms with van der Waals surface area (Å²) in [6.07, 6.45) is -4.75. The molecule has 1 rings (SSSR count). The van der Waals surface area contributed by atoms with Crippen LogP contribution < -0.4 is 0 Å². The van der Waals surface area contributed by atoms with Crippen LogP contribution >= 0.6 is 23.2 Å². The van der Waals surface area contributed by atoms with Gasteiger partial charge < -0.3 is 0 Å². The second-order valence-corrected chi connectivity index (χ2v) is 3.15. The van der Waals surface area contributed by atoms with E-state index in [1.807, 2.05) is 0 Å². The minimum Gasteiger partial charge on any atom is -0.258 e. The Morgan fingerprint density at radius 1 is 1.40 bits per heavy atom. The van der Waals surface area contributed by atoms with Crippen molar-refractivity contribution in [2.24, 2.45) is 0 Å². The van der Waals surface area contributed by atoms with Crippen molar-refractivity contribution in [2.45, 2.75) is 6.18 Å².